The normalized spacial score (nSPS) is 19.0. The molecule has 2 N–H and O–H groups in total. The van der Waals surface area contributed by atoms with Crippen molar-refractivity contribution in [2.24, 2.45) is 17.8 Å². The van der Waals surface area contributed by atoms with E-state index in [4.69, 9.17) is 0 Å². The highest BCUT2D eigenvalue weighted by Gasteiger charge is 2.49. The number of carbonyl (C=O) groups is 1. The first kappa shape index (κ1) is 14.4. The molecule has 0 radical (unpaired) electrons. The molecule has 2 saturated carbocycles. The Bertz CT molecular complexity index is 677. The van der Waals surface area contributed by atoms with Gasteiger partial charge in [0.25, 0.3) is 0 Å². The number of nitrogens with zero attached hydrogens (tertiary/aromatic N) is 2. The maximum atomic E-state index is 11.9. The Kier molecular flexibility index (Phi) is 3.63. The van der Waals surface area contributed by atoms with Gasteiger partial charge in [0.15, 0.2) is 5.82 Å². The zero-order chi connectivity index (χ0) is 15.8. The summed E-state index contributed by atoms with van der Waals surface area (Å²) in [7, 11) is 0. The number of aromatic nitrogens is 3. The summed E-state index contributed by atoms with van der Waals surface area (Å²) in [6.07, 6.45) is 5.29. The van der Waals surface area contributed by atoms with Gasteiger partial charge in [0, 0.05) is 6.42 Å². The van der Waals surface area contributed by atoms with E-state index in [-0.39, 0.29) is 5.92 Å². The van der Waals surface area contributed by atoms with Crippen molar-refractivity contribution in [3.8, 4) is 0 Å². The van der Waals surface area contributed by atoms with E-state index in [1.807, 2.05) is 30.3 Å². The molecule has 2 fully saturated rings. The molecular weight excluding hydrogens is 290 g/mol. The molecule has 1 unspecified atom stereocenters. The van der Waals surface area contributed by atoms with Gasteiger partial charge in [-0.25, -0.2) is 4.98 Å². The lowest BCUT2D eigenvalue weighted by Gasteiger charge is -2.21. The second kappa shape index (κ2) is 5.80. The first-order valence-electron chi connectivity index (χ1n) is 8.40. The molecule has 2 aliphatic rings. The third kappa shape index (κ3) is 3.14. The van der Waals surface area contributed by atoms with E-state index in [0.717, 1.165) is 37.1 Å². The van der Waals surface area contributed by atoms with E-state index < -0.39 is 11.9 Å². The maximum absolute atomic E-state index is 11.9. The van der Waals surface area contributed by atoms with Crippen molar-refractivity contribution in [3.63, 3.8) is 0 Å². The van der Waals surface area contributed by atoms with Crippen LogP contribution in [0.2, 0.25) is 0 Å². The molecule has 4 rings (SSSR count). The van der Waals surface area contributed by atoms with Crippen molar-refractivity contribution >= 4 is 5.97 Å². The molecule has 1 heterocycles. The number of H-pyrrole nitrogens is 1. The maximum Gasteiger partial charge on any atom is 0.314 e. The molecule has 1 atom stereocenters. The average Bonchev–Trinajstić information content (AvgIpc) is 3.46. The molecule has 0 amide bonds. The molecule has 0 spiro atoms. The zero-order valence-electron chi connectivity index (χ0n) is 13.0. The van der Waals surface area contributed by atoms with Crippen LogP contribution in [0, 0.1) is 17.8 Å². The van der Waals surface area contributed by atoms with Crippen LogP contribution >= 0.6 is 0 Å². The van der Waals surface area contributed by atoms with Crippen LogP contribution in [-0.4, -0.2) is 26.3 Å². The van der Waals surface area contributed by atoms with Gasteiger partial charge in [0.2, 0.25) is 0 Å². The predicted octanol–water partition coefficient (Wildman–Crippen LogP) is 3.00. The second-order valence-electron chi connectivity index (χ2n) is 6.87. The number of aliphatic carboxylic acids is 1. The third-order valence-electron chi connectivity index (χ3n) is 5.03. The van der Waals surface area contributed by atoms with E-state index in [2.05, 4.69) is 15.2 Å². The monoisotopic (exact) mass is 311 g/mol. The summed E-state index contributed by atoms with van der Waals surface area (Å²) < 4.78 is 0. The van der Waals surface area contributed by atoms with Crippen LogP contribution < -0.4 is 0 Å². The molecule has 23 heavy (non-hydrogen) atoms. The van der Waals surface area contributed by atoms with Gasteiger partial charge in [-0.3, -0.25) is 9.89 Å². The minimum Gasteiger partial charge on any atom is -0.481 e. The first-order valence-corrected chi connectivity index (χ1v) is 8.40. The van der Waals surface area contributed by atoms with Crippen molar-refractivity contribution in [3.05, 3.63) is 47.5 Å². The summed E-state index contributed by atoms with van der Waals surface area (Å²) in [5.41, 5.74) is 1.14. The number of hydrogen-bond donors (Lipinski definition) is 2. The number of aromatic amines is 1. The number of hydrogen-bond acceptors (Lipinski definition) is 3. The van der Waals surface area contributed by atoms with Crippen LogP contribution in [0.1, 0.15) is 48.8 Å². The summed E-state index contributed by atoms with van der Waals surface area (Å²) in [5, 5.41) is 17.0. The van der Waals surface area contributed by atoms with Gasteiger partial charge in [-0.1, -0.05) is 30.3 Å². The molecule has 0 aliphatic heterocycles. The first-order chi connectivity index (χ1) is 11.2. The smallest absolute Gasteiger partial charge is 0.314 e. The number of benzene rings is 1. The molecule has 1 aromatic carbocycles. The van der Waals surface area contributed by atoms with Crippen LogP contribution in [0.15, 0.2) is 30.3 Å². The predicted molar refractivity (Wildman–Crippen MR) is 84.9 cm³/mol. The van der Waals surface area contributed by atoms with Crippen molar-refractivity contribution in [2.45, 2.75) is 38.0 Å². The fraction of sp³-hybridized carbons (Fsp3) is 0.500. The van der Waals surface area contributed by atoms with Gasteiger partial charge >= 0.3 is 5.97 Å². The molecule has 1 aromatic heterocycles. The molecule has 5 heteroatoms. The fourth-order valence-corrected chi connectivity index (χ4v) is 3.66. The molecule has 2 aromatic rings. The fourth-order valence-electron chi connectivity index (χ4n) is 3.66. The summed E-state index contributed by atoms with van der Waals surface area (Å²) >= 11 is 0. The highest BCUT2D eigenvalue weighted by Crippen LogP contribution is 2.54. The van der Waals surface area contributed by atoms with Gasteiger partial charge in [0.1, 0.15) is 11.7 Å². The quantitative estimate of drug-likeness (QED) is 0.824. The Morgan fingerprint density at radius 1 is 1.17 bits per heavy atom. The standard InChI is InChI=1S/C18H21N3O2/c22-18(23)16(15(12-6-7-12)13-8-9-13)17-19-14(20-21-17)10-11-4-2-1-3-5-11/h1-5,12-13,15-16H,6-10H2,(H,22,23)(H,19,20,21). The Morgan fingerprint density at radius 3 is 2.39 bits per heavy atom. The van der Waals surface area contributed by atoms with E-state index in [1.54, 1.807) is 0 Å². The van der Waals surface area contributed by atoms with Gasteiger partial charge in [-0.2, -0.15) is 5.10 Å². The van der Waals surface area contributed by atoms with E-state index in [9.17, 15) is 9.90 Å². The summed E-state index contributed by atoms with van der Waals surface area (Å²) in [6.45, 7) is 0. The SMILES string of the molecule is O=C(O)C(c1n[nH]c(Cc2ccccc2)n1)C(C1CC1)C1CC1. The van der Waals surface area contributed by atoms with Gasteiger partial charge in [0.05, 0.1) is 0 Å². The van der Waals surface area contributed by atoms with Crippen molar-refractivity contribution in [1.29, 1.82) is 0 Å². The molecule has 2 aliphatic carbocycles. The van der Waals surface area contributed by atoms with Crippen LogP contribution in [-0.2, 0) is 11.2 Å². The molecule has 5 nitrogen and oxygen atoms in total. The highest BCUT2D eigenvalue weighted by molar-refractivity contribution is 5.75. The minimum atomic E-state index is -0.779. The van der Waals surface area contributed by atoms with Crippen LogP contribution in [0.5, 0.6) is 0 Å². The Balaban J connectivity index is 1.56. The summed E-state index contributed by atoms with van der Waals surface area (Å²) in [6, 6.07) is 10.0. The Labute approximate surface area is 135 Å². The number of carboxylic acid groups (broad SMARTS) is 1. The largest absolute Gasteiger partial charge is 0.481 e. The van der Waals surface area contributed by atoms with Gasteiger partial charge < -0.3 is 5.11 Å². The molecule has 120 valence electrons. The lowest BCUT2D eigenvalue weighted by Crippen LogP contribution is -2.26. The molecule has 0 saturated heterocycles. The van der Waals surface area contributed by atoms with Gasteiger partial charge in [-0.15, -0.1) is 0 Å². The average molecular weight is 311 g/mol. The Morgan fingerprint density at radius 2 is 1.83 bits per heavy atom. The van der Waals surface area contributed by atoms with Crippen molar-refractivity contribution in [2.75, 3.05) is 0 Å². The third-order valence-corrected chi connectivity index (χ3v) is 5.03. The van der Waals surface area contributed by atoms with E-state index in [1.165, 1.54) is 0 Å². The van der Waals surface area contributed by atoms with E-state index in [0.29, 0.717) is 24.1 Å². The number of rotatable bonds is 7. The van der Waals surface area contributed by atoms with Crippen LogP contribution in [0.4, 0.5) is 0 Å². The lowest BCUT2D eigenvalue weighted by molar-refractivity contribution is -0.141. The van der Waals surface area contributed by atoms with Crippen molar-refractivity contribution < 1.29 is 9.90 Å². The van der Waals surface area contributed by atoms with Crippen molar-refractivity contribution in [1.82, 2.24) is 15.2 Å². The van der Waals surface area contributed by atoms with Crippen LogP contribution in [0.3, 0.4) is 0 Å². The number of nitrogens with one attached hydrogen (secondary N) is 1. The highest BCUT2D eigenvalue weighted by atomic mass is 16.4. The van der Waals surface area contributed by atoms with Crippen LogP contribution in [0.25, 0.3) is 0 Å². The van der Waals surface area contributed by atoms with Gasteiger partial charge in [-0.05, 0) is 49.0 Å². The van der Waals surface area contributed by atoms with E-state index >= 15 is 0 Å². The number of carboxylic acids is 1. The minimum absolute atomic E-state index is 0.216. The molecule has 0 bridgehead atoms. The summed E-state index contributed by atoms with van der Waals surface area (Å²) in [5.74, 6) is 1.19. The second-order valence-corrected chi connectivity index (χ2v) is 6.87. The lowest BCUT2D eigenvalue weighted by atomic mass is 9.83. The zero-order valence-corrected chi connectivity index (χ0v) is 13.0. The summed E-state index contributed by atoms with van der Waals surface area (Å²) in [4.78, 5) is 16.4. The Hall–Kier alpha value is -2.17. The molecular formula is C18H21N3O2. The topological polar surface area (TPSA) is 78.9 Å².